The van der Waals surface area contributed by atoms with Crippen molar-refractivity contribution in [3.8, 4) is 5.75 Å². The lowest BCUT2D eigenvalue weighted by molar-refractivity contribution is 0.233. The summed E-state index contributed by atoms with van der Waals surface area (Å²) in [5.74, 6) is 0.552. The molecule has 0 aliphatic heterocycles. The number of para-hydroxylation sites is 1. The summed E-state index contributed by atoms with van der Waals surface area (Å²) in [7, 11) is 0. The summed E-state index contributed by atoms with van der Waals surface area (Å²) >= 11 is 0. The summed E-state index contributed by atoms with van der Waals surface area (Å²) in [5.41, 5.74) is 6.01. The van der Waals surface area contributed by atoms with Crippen molar-refractivity contribution >= 4 is 5.84 Å². The van der Waals surface area contributed by atoms with E-state index in [0.717, 1.165) is 0 Å². The van der Waals surface area contributed by atoms with E-state index in [2.05, 4.69) is 5.16 Å². The summed E-state index contributed by atoms with van der Waals surface area (Å²) in [6.07, 6.45) is 0.546. The Hall–Kier alpha value is -1.75. The van der Waals surface area contributed by atoms with Crippen LogP contribution in [0.25, 0.3) is 0 Å². The van der Waals surface area contributed by atoms with Gasteiger partial charge in [0.25, 0.3) is 0 Å². The number of nitrogens with two attached hydrogens (primary N) is 1. The molecular formula is C10H14N2O3. The van der Waals surface area contributed by atoms with Crippen molar-refractivity contribution in [2.24, 2.45) is 10.9 Å². The predicted octanol–water partition coefficient (Wildman–Crippen LogP) is 0.542. The van der Waals surface area contributed by atoms with E-state index in [1.54, 1.807) is 24.3 Å². The Morgan fingerprint density at radius 1 is 1.40 bits per heavy atom. The Kier molecular flexibility index (Phi) is 4.43. The Balaban J connectivity index is 2.77. The summed E-state index contributed by atoms with van der Waals surface area (Å²) < 4.78 is 5.37. The van der Waals surface area contributed by atoms with Gasteiger partial charge in [-0.05, 0) is 12.1 Å². The van der Waals surface area contributed by atoms with Crippen molar-refractivity contribution in [1.82, 2.24) is 0 Å². The third-order valence-corrected chi connectivity index (χ3v) is 1.83. The van der Waals surface area contributed by atoms with Gasteiger partial charge in [-0.3, -0.25) is 0 Å². The molecule has 0 aliphatic carbocycles. The largest absolute Gasteiger partial charge is 0.493 e. The number of benzene rings is 1. The number of aliphatic hydroxyl groups is 1. The lowest BCUT2D eigenvalue weighted by Gasteiger charge is -2.09. The van der Waals surface area contributed by atoms with Crippen LogP contribution in [0, 0.1) is 0 Å². The first-order chi connectivity index (χ1) is 7.29. The maximum atomic E-state index is 8.60. The molecule has 1 rings (SSSR count). The number of hydrogen-bond acceptors (Lipinski definition) is 4. The molecular weight excluding hydrogens is 196 g/mol. The third kappa shape index (κ3) is 3.14. The molecule has 0 saturated heterocycles. The molecule has 0 unspecified atom stereocenters. The Bertz CT molecular complexity index is 339. The zero-order chi connectivity index (χ0) is 11.1. The van der Waals surface area contributed by atoms with Gasteiger partial charge in [0.05, 0.1) is 12.2 Å². The van der Waals surface area contributed by atoms with E-state index >= 15 is 0 Å². The molecule has 0 bridgehead atoms. The van der Waals surface area contributed by atoms with Crippen molar-refractivity contribution in [3.63, 3.8) is 0 Å². The van der Waals surface area contributed by atoms with Gasteiger partial charge in [-0.15, -0.1) is 0 Å². The number of oxime groups is 1. The zero-order valence-electron chi connectivity index (χ0n) is 8.26. The van der Waals surface area contributed by atoms with Gasteiger partial charge in [0.2, 0.25) is 0 Å². The van der Waals surface area contributed by atoms with Gasteiger partial charge in [0.1, 0.15) is 5.75 Å². The second-order valence-corrected chi connectivity index (χ2v) is 2.91. The van der Waals surface area contributed by atoms with Crippen molar-refractivity contribution in [1.29, 1.82) is 0 Å². The summed E-state index contributed by atoms with van der Waals surface area (Å²) in [5, 5.41) is 20.1. The zero-order valence-corrected chi connectivity index (χ0v) is 8.26. The molecule has 0 saturated carbocycles. The van der Waals surface area contributed by atoms with Gasteiger partial charge in [0, 0.05) is 13.0 Å². The number of ether oxygens (including phenoxy) is 1. The second kappa shape index (κ2) is 5.87. The standard InChI is InChI=1S/C10H14N2O3/c11-10(12-14)8-4-1-2-5-9(8)15-7-3-6-13/h1-2,4-5,13-14H,3,6-7H2,(H2,11,12). The van der Waals surface area contributed by atoms with E-state index in [1.165, 1.54) is 0 Å². The van der Waals surface area contributed by atoms with Crippen LogP contribution in [0.2, 0.25) is 0 Å². The average Bonchev–Trinajstić information content (AvgIpc) is 2.29. The first-order valence-corrected chi connectivity index (χ1v) is 4.60. The highest BCUT2D eigenvalue weighted by Gasteiger charge is 2.06. The fraction of sp³-hybridized carbons (Fsp3) is 0.300. The van der Waals surface area contributed by atoms with E-state index in [9.17, 15) is 0 Å². The van der Waals surface area contributed by atoms with Crippen LogP contribution in [0.5, 0.6) is 5.75 Å². The van der Waals surface area contributed by atoms with Crippen molar-refractivity contribution in [2.75, 3.05) is 13.2 Å². The first-order valence-electron chi connectivity index (χ1n) is 4.60. The number of rotatable bonds is 5. The van der Waals surface area contributed by atoms with Crippen LogP contribution in [0.3, 0.4) is 0 Å². The monoisotopic (exact) mass is 210 g/mol. The van der Waals surface area contributed by atoms with Crippen LogP contribution in [-0.2, 0) is 0 Å². The number of nitrogens with zero attached hydrogens (tertiary/aromatic N) is 1. The average molecular weight is 210 g/mol. The molecule has 1 aromatic carbocycles. The van der Waals surface area contributed by atoms with Crippen molar-refractivity contribution in [2.45, 2.75) is 6.42 Å². The molecule has 0 fully saturated rings. The van der Waals surface area contributed by atoms with Crippen LogP contribution in [0.4, 0.5) is 0 Å². The molecule has 0 radical (unpaired) electrons. The predicted molar refractivity (Wildman–Crippen MR) is 56.2 cm³/mol. The number of amidine groups is 1. The molecule has 15 heavy (non-hydrogen) atoms. The highest BCUT2D eigenvalue weighted by molar-refractivity contribution is 5.99. The fourth-order valence-corrected chi connectivity index (χ4v) is 1.10. The van der Waals surface area contributed by atoms with Gasteiger partial charge in [-0.1, -0.05) is 17.3 Å². The molecule has 0 heterocycles. The molecule has 4 N–H and O–H groups in total. The minimum Gasteiger partial charge on any atom is -0.493 e. The smallest absolute Gasteiger partial charge is 0.173 e. The Morgan fingerprint density at radius 3 is 2.80 bits per heavy atom. The van der Waals surface area contributed by atoms with Crippen molar-refractivity contribution < 1.29 is 15.1 Å². The number of aliphatic hydroxyl groups excluding tert-OH is 1. The van der Waals surface area contributed by atoms with Crippen LogP contribution >= 0.6 is 0 Å². The minimum absolute atomic E-state index is 0.00889. The van der Waals surface area contributed by atoms with Gasteiger partial charge in [-0.2, -0.15) is 0 Å². The normalized spacial score (nSPS) is 11.4. The fourth-order valence-electron chi connectivity index (χ4n) is 1.10. The minimum atomic E-state index is 0.00889. The van der Waals surface area contributed by atoms with E-state index in [4.69, 9.17) is 20.8 Å². The molecule has 5 nitrogen and oxygen atoms in total. The van der Waals surface area contributed by atoms with Gasteiger partial charge >= 0.3 is 0 Å². The molecule has 0 spiro atoms. The molecule has 0 amide bonds. The van der Waals surface area contributed by atoms with E-state index < -0.39 is 0 Å². The Labute approximate surface area is 87.8 Å². The molecule has 0 aliphatic rings. The quantitative estimate of drug-likeness (QED) is 0.217. The third-order valence-electron chi connectivity index (χ3n) is 1.83. The maximum absolute atomic E-state index is 8.60. The summed E-state index contributed by atoms with van der Waals surface area (Å²) in [6.45, 7) is 0.470. The Morgan fingerprint density at radius 2 is 2.13 bits per heavy atom. The van der Waals surface area contributed by atoms with E-state index in [-0.39, 0.29) is 12.4 Å². The van der Waals surface area contributed by atoms with Gasteiger partial charge in [0.15, 0.2) is 5.84 Å². The van der Waals surface area contributed by atoms with Gasteiger partial charge in [-0.25, -0.2) is 0 Å². The molecule has 0 atom stereocenters. The SMILES string of the molecule is N/C(=N\O)c1ccccc1OCCCO. The second-order valence-electron chi connectivity index (χ2n) is 2.91. The molecule has 5 heteroatoms. The van der Waals surface area contributed by atoms with Crippen LogP contribution in [0.15, 0.2) is 29.4 Å². The highest BCUT2D eigenvalue weighted by atomic mass is 16.5. The van der Waals surface area contributed by atoms with Crippen LogP contribution in [-0.4, -0.2) is 29.4 Å². The summed E-state index contributed by atoms with van der Waals surface area (Å²) in [6, 6.07) is 6.99. The van der Waals surface area contributed by atoms with Crippen LogP contribution < -0.4 is 10.5 Å². The maximum Gasteiger partial charge on any atom is 0.173 e. The molecule has 0 aromatic heterocycles. The summed E-state index contributed by atoms with van der Waals surface area (Å²) in [4.78, 5) is 0. The molecule has 82 valence electrons. The van der Waals surface area contributed by atoms with E-state index in [1.807, 2.05) is 0 Å². The number of hydrogen-bond donors (Lipinski definition) is 3. The van der Waals surface area contributed by atoms with Crippen LogP contribution in [0.1, 0.15) is 12.0 Å². The first kappa shape index (κ1) is 11.3. The topological polar surface area (TPSA) is 88.1 Å². The lowest BCUT2D eigenvalue weighted by Crippen LogP contribution is -2.15. The lowest BCUT2D eigenvalue weighted by atomic mass is 10.2. The van der Waals surface area contributed by atoms with Crippen molar-refractivity contribution in [3.05, 3.63) is 29.8 Å². The van der Waals surface area contributed by atoms with E-state index in [0.29, 0.717) is 24.3 Å². The molecule has 1 aromatic rings. The highest BCUT2D eigenvalue weighted by Crippen LogP contribution is 2.17. The van der Waals surface area contributed by atoms with Gasteiger partial charge < -0.3 is 20.8 Å².